The summed E-state index contributed by atoms with van der Waals surface area (Å²) in [6.07, 6.45) is 8.70. The normalized spacial score (nSPS) is 20.0. The third-order valence-electron chi connectivity index (χ3n) is 7.07. The Hall–Kier alpha value is -2.71. The molecule has 0 spiro atoms. The van der Waals surface area contributed by atoms with Crippen LogP contribution in [0.25, 0.3) is 0 Å². The number of allylic oxidation sites excluding steroid dienone is 4. The second-order valence-electron chi connectivity index (χ2n) is 9.79. The van der Waals surface area contributed by atoms with Gasteiger partial charge in [-0.1, -0.05) is 36.8 Å². The van der Waals surface area contributed by atoms with E-state index in [4.69, 9.17) is 26.3 Å². The van der Waals surface area contributed by atoms with Gasteiger partial charge in [0.2, 0.25) is 5.96 Å². The van der Waals surface area contributed by atoms with Gasteiger partial charge >= 0.3 is 0 Å². The zero-order chi connectivity index (χ0) is 27.7. The number of guanidine groups is 1. The third kappa shape index (κ3) is 7.67. The molecule has 1 fully saturated rings. The highest BCUT2D eigenvalue weighted by atomic mass is 35.5. The van der Waals surface area contributed by atoms with E-state index in [0.29, 0.717) is 36.1 Å². The average molecular weight is 545 g/mol. The van der Waals surface area contributed by atoms with Gasteiger partial charge in [0.25, 0.3) is 0 Å². The van der Waals surface area contributed by atoms with E-state index in [1.54, 1.807) is 20.2 Å². The maximum absolute atomic E-state index is 14.1. The van der Waals surface area contributed by atoms with Crippen molar-refractivity contribution in [2.24, 2.45) is 9.98 Å². The zero-order valence-electron chi connectivity index (χ0n) is 23.6. The summed E-state index contributed by atoms with van der Waals surface area (Å²) in [6, 6.07) is 4.10. The molecule has 1 aromatic heterocycles. The topological polar surface area (TPSA) is 56.6 Å². The highest BCUT2D eigenvalue weighted by Crippen LogP contribution is 2.25. The molecule has 2 atom stereocenters. The second kappa shape index (κ2) is 14.4. The van der Waals surface area contributed by atoms with Crippen molar-refractivity contribution < 1.29 is 9.13 Å². The van der Waals surface area contributed by atoms with Crippen LogP contribution in [-0.4, -0.2) is 85.1 Å². The summed E-state index contributed by atoms with van der Waals surface area (Å²) in [7, 11) is 1.72. The number of amidine groups is 1. The number of halogens is 2. The van der Waals surface area contributed by atoms with Crippen LogP contribution in [-0.2, 0) is 4.74 Å². The van der Waals surface area contributed by atoms with Crippen LogP contribution >= 0.6 is 11.6 Å². The van der Waals surface area contributed by atoms with Gasteiger partial charge in [-0.2, -0.15) is 0 Å². The molecule has 38 heavy (non-hydrogen) atoms. The lowest BCUT2D eigenvalue weighted by atomic mass is 10.2. The van der Waals surface area contributed by atoms with E-state index in [1.165, 1.54) is 0 Å². The van der Waals surface area contributed by atoms with E-state index < -0.39 is 0 Å². The number of pyridine rings is 1. The monoisotopic (exact) mass is 544 g/mol. The van der Waals surface area contributed by atoms with Crippen LogP contribution in [0.1, 0.15) is 47.5 Å². The van der Waals surface area contributed by atoms with Crippen LogP contribution in [0, 0.1) is 0 Å². The predicted octanol–water partition coefficient (Wildman–Crippen LogP) is 5.90. The van der Waals surface area contributed by atoms with E-state index >= 15 is 0 Å². The summed E-state index contributed by atoms with van der Waals surface area (Å²) >= 11 is 6.41. The van der Waals surface area contributed by atoms with Crippen molar-refractivity contribution in [3.63, 3.8) is 0 Å². The van der Waals surface area contributed by atoms with Crippen molar-refractivity contribution in [3.8, 4) is 0 Å². The molecule has 1 unspecified atom stereocenters. The average Bonchev–Trinajstić information content (AvgIpc) is 3.06. The Morgan fingerprint density at radius 3 is 2.79 bits per heavy atom. The fourth-order valence-electron chi connectivity index (χ4n) is 4.96. The van der Waals surface area contributed by atoms with Crippen molar-refractivity contribution in [1.82, 2.24) is 14.8 Å². The molecule has 0 aromatic carbocycles. The van der Waals surface area contributed by atoms with Crippen molar-refractivity contribution in [2.45, 2.75) is 59.5 Å². The molecule has 1 aliphatic heterocycles. The maximum atomic E-state index is 14.1. The number of aliphatic imine (C=N–C) groups is 2. The standard InChI is InChI=1S/C29H42ClFN6O/c1-7-25(20-38-6)36(8-2)29(33-18-24-11-9-13-27(31)21(3)17-24)34-23(5)37-16-15-35(19-22(37)4)28-26(30)12-10-14-32-28/h9-12,14,17,22,25H,7-8,13,15-16,18-20H2,1-6H3/b33-29?,34-23+/t22?,25-/m0/s1. The van der Waals surface area contributed by atoms with Gasteiger partial charge < -0.3 is 19.4 Å². The third-order valence-corrected chi connectivity index (χ3v) is 7.37. The van der Waals surface area contributed by atoms with E-state index in [9.17, 15) is 4.39 Å². The second-order valence-corrected chi connectivity index (χ2v) is 10.2. The lowest BCUT2D eigenvalue weighted by molar-refractivity contribution is 0.127. The van der Waals surface area contributed by atoms with Crippen molar-refractivity contribution in [1.29, 1.82) is 0 Å². The largest absolute Gasteiger partial charge is 0.383 e. The van der Waals surface area contributed by atoms with Crippen LogP contribution in [0.4, 0.5) is 10.2 Å². The molecule has 208 valence electrons. The van der Waals surface area contributed by atoms with Gasteiger partial charge in [0, 0.05) is 51.9 Å². The molecule has 0 amide bonds. The number of aromatic nitrogens is 1. The van der Waals surface area contributed by atoms with Gasteiger partial charge in [-0.3, -0.25) is 0 Å². The smallest absolute Gasteiger partial charge is 0.222 e. The Labute approximate surface area is 232 Å². The number of likely N-dealkylation sites (N-methyl/N-ethyl adjacent to an activating group) is 1. The number of anilines is 1. The lowest BCUT2D eigenvalue weighted by Crippen LogP contribution is -2.54. The first-order valence-electron chi connectivity index (χ1n) is 13.5. The first kappa shape index (κ1) is 29.8. The minimum atomic E-state index is -0.101. The Balaban J connectivity index is 1.87. The van der Waals surface area contributed by atoms with Gasteiger partial charge in [0.15, 0.2) is 0 Å². The molecular formula is C29H42ClFN6O. The summed E-state index contributed by atoms with van der Waals surface area (Å²) in [5.74, 6) is 2.32. The van der Waals surface area contributed by atoms with E-state index in [0.717, 1.165) is 49.8 Å². The highest BCUT2D eigenvalue weighted by Gasteiger charge is 2.27. The number of hydrogen-bond acceptors (Lipinski definition) is 4. The molecule has 1 saturated heterocycles. The molecule has 0 saturated carbocycles. The van der Waals surface area contributed by atoms with Crippen molar-refractivity contribution in [3.05, 3.63) is 58.6 Å². The number of piperazine rings is 1. The SMILES string of the molecule is CC[C@@H](COC)N(CC)C(=NCC1=CC(C)=C(F)CC=C1)/N=C(\C)N1CCN(c2ncccc2Cl)CC1C. The minimum absolute atomic E-state index is 0.101. The molecule has 9 heteroatoms. The molecule has 7 nitrogen and oxygen atoms in total. The Morgan fingerprint density at radius 2 is 2.13 bits per heavy atom. The number of nitrogens with zero attached hydrogens (tertiary/aromatic N) is 6. The van der Waals surface area contributed by atoms with Crippen LogP contribution in [0.2, 0.25) is 5.02 Å². The molecule has 0 N–H and O–H groups in total. The molecular weight excluding hydrogens is 503 g/mol. The number of hydrogen-bond donors (Lipinski definition) is 0. The van der Waals surface area contributed by atoms with Crippen LogP contribution in [0.15, 0.2) is 63.5 Å². The van der Waals surface area contributed by atoms with Crippen molar-refractivity contribution in [2.75, 3.05) is 51.3 Å². The first-order valence-corrected chi connectivity index (χ1v) is 13.9. The fourth-order valence-corrected chi connectivity index (χ4v) is 5.20. The van der Waals surface area contributed by atoms with Crippen LogP contribution < -0.4 is 4.90 Å². The number of rotatable bonds is 8. The van der Waals surface area contributed by atoms with Gasteiger partial charge in [-0.15, -0.1) is 0 Å². The van der Waals surface area contributed by atoms with Crippen molar-refractivity contribution >= 4 is 29.2 Å². The predicted molar refractivity (Wildman–Crippen MR) is 157 cm³/mol. The Morgan fingerprint density at radius 1 is 1.34 bits per heavy atom. The van der Waals surface area contributed by atoms with Gasteiger partial charge in [-0.05, 0) is 57.4 Å². The van der Waals surface area contributed by atoms with E-state index in [1.807, 2.05) is 37.3 Å². The Kier molecular flexibility index (Phi) is 11.3. The first-order chi connectivity index (χ1) is 18.3. The molecule has 1 aromatic rings. The molecule has 0 radical (unpaired) electrons. The molecule has 2 aliphatic rings. The molecule has 1 aliphatic carbocycles. The van der Waals surface area contributed by atoms with Gasteiger partial charge in [0.05, 0.1) is 24.2 Å². The number of ether oxygens (including phenoxy) is 1. The molecule has 0 bridgehead atoms. The summed E-state index contributed by atoms with van der Waals surface area (Å²) in [6.45, 7) is 14.5. The van der Waals surface area contributed by atoms with Crippen LogP contribution in [0.5, 0.6) is 0 Å². The summed E-state index contributed by atoms with van der Waals surface area (Å²) in [4.78, 5) is 21.3. The summed E-state index contributed by atoms with van der Waals surface area (Å²) in [5, 5.41) is 0.669. The highest BCUT2D eigenvalue weighted by molar-refractivity contribution is 6.32. The van der Waals surface area contributed by atoms with Gasteiger partial charge in [0.1, 0.15) is 17.5 Å². The van der Waals surface area contributed by atoms with E-state index in [2.05, 4.69) is 40.5 Å². The lowest BCUT2D eigenvalue weighted by Gasteiger charge is -2.42. The number of methoxy groups -OCH3 is 1. The van der Waals surface area contributed by atoms with E-state index in [-0.39, 0.29) is 17.9 Å². The minimum Gasteiger partial charge on any atom is -0.383 e. The Bertz CT molecular complexity index is 1100. The van der Waals surface area contributed by atoms with Crippen LogP contribution in [0.3, 0.4) is 0 Å². The quantitative estimate of drug-likeness (QED) is 0.301. The summed E-state index contributed by atoms with van der Waals surface area (Å²) in [5.41, 5.74) is 1.62. The molecule has 3 rings (SSSR count). The summed E-state index contributed by atoms with van der Waals surface area (Å²) < 4.78 is 19.6. The molecule has 2 heterocycles. The maximum Gasteiger partial charge on any atom is 0.222 e. The van der Waals surface area contributed by atoms with Gasteiger partial charge in [-0.25, -0.2) is 19.4 Å². The zero-order valence-corrected chi connectivity index (χ0v) is 24.4. The fraction of sp³-hybridized carbons (Fsp3) is 0.552.